The van der Waals surface area contributed by atoms with Gasteiger partial charge in [-0.05, 0) is 11.1 Å². The lowest BCUT2D eigenvalue weighted by Gasteiger charge is -2.42. The van der Waals surface area contributed by atoms with Gasteiger partial charge in [0.05, 0.1) is 10.9 Å². The van der Waals surface area contributed by atoms with Gasteiger partial charge >= 0.3 is 0 Å². The number of benzene rings is 1. The van der Waals surface area contributed by atoms with Gasteiger partial charge in [0.1, 0.15) is 12.3 Å². The molecule has 1 amide bonds. The minimum absolute atomic E-state index is 0.0858. The van der Waals surface area contributed by atoms with Crippen molar-refractivity contribution >= 4 is 21.8 Å². The van der Waals surface area contributed by atoms with Crippen molar-refractivity contribution in [3.05, 3.63) is 35.4 Å². The SMILES string of the molecule is CCC(=O)N1[C@@H](C#N)c2ccccc2[C@@H](Br)[C@@H]1OC. The molecular weight excluding hydrogens is 308 g/mol. The molecule has 100 valence electrons. The van der Waals surface area contributed by atoms with E-state index in [1.54, 1.807) is 14.0 Å². The molecule has 1 aliphatic rings. The van der Waals surface area contributed by atoms with Crippen molar-refractivity contribution in [2.45, 2.75) is 30.4 Å². The lowest BCUT2D eigenvalue weighted by molar-refractivity contribution is -0.148. The van der Waals surface area contributed by atoms with E-state index in [1.807, 2.05) is 24.3 Å². The van der Waals surface area contributed by atoms with Crippen LogP contribution in [0.3, 0.4) is 0 Å². The first kappa shape index (κ1) is 14.0. The number of methoxy groups -OCH3 is 1. The molecule has 1 aromatic rings. The molecule has 1 aliphatic heterocycles. The third kappa shape index (κ3) is 2.26. The van der Waals surface area contributed by atoms with Crippen molar-refractivity contribution in [3.63, 3.8) is 0 Å². The molecule has 0 unspecified atom stereocenters. The van der Waals surface area contributed by atoms with E-state index in [9.17, 15) is 10.1 Å². The Morgan fingerprint density at radius 3 is 2.63 bits per heavy atom. The van der Waals surface area contributed by atoms with Crippen LogP contribution >= 0.6 is 15.9 Å². The van der Waals surface area contributed by atoms with Gasteiger partial charge in [-0.25, -0.2) is 0 Å². The normalized spacial score (nSPS) is 25.6. The predicted octanol–water partition coefficient (Wildman–Crippen LogP) is 2.91. The third-order valence-electron chi connectivity index (χ3n) is 3.34. The van der Waals surface area contributed by atoms with Crippen molar-refractivity contribution in [1.82, 2.24) is 4.90 Å². The summed E-state index contributed by atoms with van der Waals surface area (Å²) in [5, 5.41) is 9.44. The number of carbonyl (C=O) groups excluding carboxylic acids is 1. The Hall–Kier alpha value is -1.38. The quantitative estimate of drug-likeness (QED) is 0.787. The van der Waals surface area contributed by atoms with Crippen molar-refractivity contribution in [3.8, 4) is 6.07 Å². The van der Waals surface area contributed by atoms with E-state index in [2.05, 4.69) is 22.0 Å². The van der Waals surface area contributed by atoms with E-state index >= 15 is 0 Å². The van der Waals surface area contributed by atoms with E-state index in [1.165, 1.54) is 4.90 Å². The summed E-state index contributed by atoms with van der Waals surface area (Å²) in [6, 6.07) is 9.27. The van der Waals surface area contributed by atoms with Gasteiger partial charge in [0.2, 0.25) is 5.91 Å². The zero-order valence-corrected chi connectivity index (χ0v) is 12.4. The molecule has 0 N–H and O–H groups in total. The molecule has 0 saturated heterocycles. The van der Waals surface area contributed by atoms with Gasteiger partial charge in [0, 0.05) is 13.5 Å². The van der Waals surface area contributed by atoms with Gasteiger partial charge in [0.15, 0.2) is 0 Å². The van der Waals surface area contributed by atoms with Crippen LogP contribution in [0.1, 0.15) is 35.3 Å². The van der Waals surface area contributed by atoms with Gasteiger partial charge < -0.3 is 4.74 Å². The summed E-state index contributed by atoms with van der Waals surface area (Å²) in [6.07, 6.45) is -0.119. The second kappa shape index (κ2) is 5.72. The first-order chi connectivity index (χ1) is 9.15. The molecule has 3 atom stereocenters. The first-order valence-corrected chi connectivity index (χ1v) is 7.03. The Balaban J connectivity index is 2.56. The molecule has 4 nitrogen and oxygen atoms in total. The minimum atomic E-state index is -0.595. The standard InChI is InChI=1S/C14H15BrN2O2/c1-3-12(18)17-11(8-16)9-6-4-5-7-10(9)13(15)14(17)19-2/h4-7,11,13-14H,3H2,1-2H3/t11-,13+,14-/m0/s1. The van der Waals surface area contributed by atoms with Gasteiger partial charge in [-0.15, -0.1) is 0 Å². The number of ether oxygens (including phenoxy) is 1. The fraction of sp³-hybridized carbons (Fsp3) is 0.429. The number of hydrogen-bond acceptors (Lipinski definition) is 3. The van der Waals surface area contributed by atoms with Crippen LogP contribution in [0.2, 0.25) is 0 Å². The topological polar surface area (TPSA) is 53.3 Å². The second-order valence-corrected chi connectivity index (χ2v) is 5.33. The number of rotatable bonds is 2. The Morgan fingerprint density at radius 1 is 1.47 bits per heavy atom. The molecule has 5 heteroatoms. The molecule has 0 fully saturated rings. The molecule has 0 spiro atoms. The molecule has 0 aromatic heterocycles. The third-order valence-corrected chi connectivity index (χ3v) is 4.29. The number of nitrogens with zero attached hydrogens (tertiary/aromatic N) is 2. The van der Waals surface area contributed by atoms with Crippen LogP contribution in [0.15, 0.2) is 24.3 Å². The maximum atomic E-state index is 12.1. The van der Waals surface area contributed by atoms with Gasteiger partial charge in [-0.1, -0.05) is 47.1 Å². The fourth-order valence-corrected chi connectivity index (χ4v) is 3.32. The Kier molecular flexibility index (Phi) is 4.23. The maximum Gasteiger partial charge on any atom is 0.225 e. The zero-order chi connectivity index (χ0) is 14.0. The van der Waals surface area contributed by atoms with Gasteiger partial charge in [-0.3, -0.25) is 9.69 Å². The Bertz CT molecular complexity index is 526. The van der Waals surface area contributed by atoms with E-state index in [0.29, 0.717) is 6.42 Å². The number of fused-ring (bicyclic) bond motifs is 1. The number of nitriles is 1. The molecule has 0 bridgehead atoms. The molecule has 0 saturated carbocycles. The first-order valence-electron chi connectivity index (χ1n) is 6.12. The number of hydrogen-bond donors (Lipinski definition) is 0. The molecule has 1 aromatic carbocycles. The highest BCUT2D eigenvalue weighted by molar-refractivity contribution is 9.09. The van der Waals surface area contributed by atoms with Gasteiger partial charge in [0.25, 0.3) is 0 Å². The van der Waals surface area contributed by atoms with Crippen LogP contribution < -0.4 is 0 Å². The fourth-order valence-electron chi connectivity index (χ4n) is 2.44. The molecule has 19 heavy (non-hydrogen) atoms. The lowest BCUT2D eigenvalue weighted by atomic mass is 9.92. The molecule has 2 rings (SSSR count). The summed E-state index contributed by atoms with van der Waals surface area (Å²) in [5.41, 5.74) is 1.86. The number of halogens is 1. The Morgan fingerprint density at radius 2 is 2.11 bits per heavy atom. The average Bonchev–Trinajstić information content (AvgIpc) is 2.46. The van der Waals surface area contributed by atoms with E-state index < -0.39 is 12.3 Å². The van der Waals surface area contributed by atoms with E-state index in [0.717, 1.165) is 11.1 Å². The number of amides is 1. The van der Waals surface area contributed by atoms with Crippen molar-refractivity contribution in [1.29, 1.82) is 5.26 Å². The molecular formula is C14H15BrN2O2. The summed E-state index contributed by atoms with van der Waals surface area (Å²) in [7, 11) is 1.55. The minimum Gasteiger partial charge on any atom is -0.360 e. The summed E-state index contributed by atoms with van der Waals surface area (Å²) in [4.78, 5) is 13.5. The second-order valence-electron chi connectivity index (χ2n) is 4.34. The van der Waals surface area contributed by atoms with Crippen LogP contribution in [-0.2, 0) is 9.53 Å². The van der Waals surface area contributed by atoms with Gasteiger partial charge in [-0.2, -0.15) is 5.26 Å². The largest absolute Gasteiger partial charge is 0.360 e. The molecule has 0 radical (unpaired) electrons. The highest BCUT2D eigenvalue weighted by atomic mass is 79.9. The van der Waals surface area contributed by atoms with Crippen molar-refractivity contribution in [2.75, 3.05) is 7.11 Å². The Labute approximate surface area is 121 Å². The summed E-state index contributed by atoms with van der Waals surface area (Å²) in [5.74, 6) is -0.0858. The number of alkyl halides is 1. The smallest absolute Gasteiger partial charge is 0.225 e. The maximum absolute atomic E-state index is 12.1. The zero-order valence-electron chi connectivity index (χ0n) is 10.8. The van der Waals surface area contributed by atoms with Crippen LogP contribution in [0.5, 0.6) is 0 Å². The van der Waals surface area contributed by atoms with Crippen LogP contribution in [-0.4, -0.2) is 24.1 Å². The highest BCUT2D eigenvalue weighted by Gasteiger charge is 2.42. The summed E-state index contributed by atoms with van der Waals surface area (Å²) >= 11 is 3.58. The molecule has 0 aliphatic carbocycles. The van der Waals surface area contributed by atoms with Crippen LogP contribution in [0.25, 0.3) is 0 Å². The summed E-state index contributed by atoms with van der Waals surface area (Å²) in [6.45, 7) is 1.78. The highest BCUT2D eigenvalue weighted by Crippen LogP contribution is 2.43. The van der Waals surface area contributed by atoms with E-state index in [4.69, 9.17) is 4.74 Å². The summed E-state index contributed by atoms with van der Waals surface area (Å²) < 4.78 is 5.44. The number of carbonyl (C=O) groups is 1. The average molecular weight is 323 g/mol. The van der Waals surface area contributed by atoms with Crippen molar-refractivity contribution in [2.24, 2.45) is 0 Å². The van der Waals surface area contributed by atoms with Crippen LogP contribution in [0, 0.1) is 11.3 Å². The van der Waals surface area contributed by atoms with E-state index in [-0.39, 0.29) is 10.7 Å². The molecule has 1 heterocycles. The monoisotopic (exact) mass is 322 g/mol. The predicted molar refractivity (Wildman–Crippen MR) is 74.4 cm³/mol. The van der Waals surface area contributed by atoms with Crippen LogP contribution in [0.4, 0.5) is 0 Å². The lowest BCUT2D eigenvalue weighted by Crippen LogP contribution is -2.48. The van der Waals surface area contributed by atoms with Crippen molar-refractivity contribution < 1.29 is 9.53 Å².